The number of nitrogens with zero attached hydrogens (tertiary/aromatic N) is 3. The van der Waals surface area contributed by atoms with E-state index in [1.807, 2.05) is 13.8 Å². The summed E-state index contributed by atoms with van der Waals surface area (Å²) in [6.45, 7) is 4.07. The van der Waals surface area contributed by atoms with E-state index in [1.165, 1.54) is 0 Å². The number of benzene rings is 1. The Hall–Kier alpha value is -2.08. The topological polar surface area (TPSA) is 85.8 Å². The lowest BCUT2D eigenvalue weighted by atomic mass is 10.3. The van der Waals surface area contributed by atoms with Crippen LogP contribution in [0.1, 0.15) is 25.5 Å². The highest BCUT2D eigenvalue weighted by molar-refractivity contribution is 6.34. The second-order valence-corrected chi connectivity index (χ2v) is 5.00. The molecular weight excluding hydrogens is 290 g/mol. The summed E-state index contributed by atoms with van der Waals surface area (Å²) in [5.74, 6) is 1.33. The van der Waals surface area contributed by atoms with E-state index in [4.69, 9.17) is 17.3 Å². The van der Waals surface area contributed by atoms with Crippen molar-refractivity contribution in [1.82, 2.24) is 14.8 Å². The minimum absolute atomic E-state index is 0.108. The lowest BCUT2D eigenvalue weighted by molar-refractivity contribution is -0.116. The number of hydrogen-bond donors (Lipinski definition) is 2. The Balaban J connectivity index is 2.09. The SMILES string of the molecule is CCc1nc(CC)n(CC(=O)Nc2ccc(N)cc2Cl)n1. The van der Waals surface area contributed by atoms with Gasteiger partial charge in [-0.2, -0.15) is 5.10 Å². The highest BCUT2D eigenvalue weighted by atomic mass is 35.5. The zero-order valence-corrected chi connectivity index (χ0v) is 12.8. The zero-order chi connectivity index (χ0) is 15.4. The third kappa shape index (κ3) is 3.72. The Labute approximate surface area is 128 Å². The molecule has 0 saturated carbocycles. The number of carbonyl (C=O) groups is 1. The molecule has 0 aliphatic heterocycles. The maximum atomic E-state index is 12.1. The molecule has 0 fully saturated rings. The van der Waals surface area contributed by atoms with Gasteiger partial charge < -0.3 is 11.1 Å². The lowest BCUT2D eigenvalue weighted by Crippen LogP contribution is -2.21. The van der Waals surface area contributed by atoms with E-state index in [9.17, 15) is 4.79 Å². The molecule has 0 atom stereocenters. The van der Waals surface area contributed by atoms with Crippen molar-refractivity contribution in [3.05, 3.63) is 34.9 Å². The van der Waals surface area contributed by atoms with E-state index in [-0.39, 0.29) is 12.5 Å². The van der Waals surface area contributed by atoms with Gasteiger partial charge in [-0.05, 0) is 18.2 Å². The molecule has 2 rings (SSSR count). The van der Waals surface area contributed by atoms with Crippen molar-refractivity contribution in [2.24, 2.45) is 0 Å². The number of nitrogens with one attached hydrogen (secondary N) is 1. The summed E-state index contributed by atoms with van der Waals surface area (Å²) in [5, 5.41) is 7.47. The van der Waals surface area contributed by atoms with Crippen molar-refractivity contribution in [3.8, 4) is 0 Å². The van der Waals surface area contributed by atoms with Gasteiger partial charge in [-0.3, -0.25) is 4.79 Å². The Kier molecular flexibility index (Phi) is 4.80. The second-order valence-electron chi connectivity index (χ2n) is 4.60. The maximum absolute atomic E-state index is 12.1. The first-order chi connectivity index (χ1) is 10.0. The normalized spacial score (nSPS) is 10.6. The van der Waals surface area contributed by atoms with Crippen molar-refractivity contribution >= 4 is 28.9 Å². The molecule has 0 spiro atoms. The molecule has 1 amide bonds. The summed E-state index contributed by atoms with van der Waals surface area (Å²) in [5.41, 5.74) is 6.70. The molecule has 1 aromatic carbocycles. The molecule has 0 aliphatic rings. The molecule has 2 aromatic rings. The molecule has 1 heterocycles. The van der Waals surface area contributed by atoms with Crippen LogP contribution in [0.15, 0.2) is 18.2 Å². The first kappa shape index (κ1) is 15.3. The largest absolute Gasteiger partial charge is 0.399 e. The molecule has 0 unspecified atom stereocenters. The number of hydrogen-bond acceptors (Lipinski definition) is 4. The van der Waals surface area contributed by atoms with E-state index >= 15 is 0 Å². The van der Waals surface area contributed by atoms with Crippen LogP contribution in [0.5, 0.6) is 0 Å². The fourth-order valence-electron chi connectivity index (χ4n) is 1.92. The molecule has 21 heavy (non-hydrogen) atoms. The van der Waals surface area contributed by atoms with E-state index in [0.29, 0.717) is 16.4 Å². The van der Waals surface area contributed by atoms with Gasteiger partial charge in [0.15, 0.2) is 5.82 Å². The Morgan fingerprint density at radius 1 is 1.38 bits per heavy atom. The minimum Gasteiger partial charge on any atom is -0.399 e. The van der Waals surface area contributed by atoms with Crippen LogP contribution in [0.4, 0.5) is 11.4 Å². The number of carbonyl (C=O) groups excluding carboxylic acids is 1. The molecule has 112 valence electrons. The third-order valence-electron chi connectivity index (χ3n) is 2.99. The van der Waals surface area contributed by atoms with Gasteiger partial charge in [-0.15, -0.1) is 0 Å². The summed E-state index contributed by atoms with van der Waals surface area (Å²) < 4.78 is 1.62. The van der Waals surface area contributed by atoms with Gasteiger partial charge in [0.05, 0.1) is 10.7 Å². The van der Waals surface area contributed by atoms with E-state index in [2.05, 4.69) is 15.4 Å². The maximum Gasteiger partial charge on any atom is 0.246 e. The van der Waals surface area contributed by atoms with Crippen LogP contribution in [0.2, 0.25) is 5.02 Å². The number of anilines is 2. The standard InChI is InChI=1S/C14H18ClN5O/c1-3-12-18-13(4-2)20(19-12)8-14(21)17-11-6-5-9(16)7-10(11)15/h5-7H,3-4,8,16H2,1-2H3,(H,17,21). The van der Waals surface area contributed by atoms with Gasteiger partial charge in [0.2, 0.25) is 5.91 Å². The fraction of sp³-hybridized carbons (Fsp3) is 0.357. The average molecular weight is 308 g/mol. The van der Waals surface area contributed by atoms with Crippen LogP contribution in [0.25, 0.3) is 0 Å². The van der Waals surface area contributed by atoms with E-state index < -0.39 is 0 Å². The van der Waals surface area contributed by atoms with Crippen LogP contribution in [-0.2, 0) is 24.2 Å². The van der Waals surface area contributed by atoms with Crippen molar-refractivity contribution in [3.63, 3.8) is 0 Å². The summed E-state index contributed by atoms with van der Waals surface area (Å²) in [6.07, 6.45) is 1.47. The number of aromatic nitrogens is 3. The Morgan fingerprint density at radius 3 is 2.76 bits per heavy atom. The van der Waals surface area contributed by atoms with Gasteiger partial charge in [0.25, 0.3) is 0 Å². The van der Waals surface area contributed by atoms with Crippen LogP contribution >= 0.6 is 11.6 Å². The summed E-state index contributed by atoms with van der Waals surface area (Å²) in [6, 6.07) is 4.96. The molecule has 1 aromatic heterocycles. The van der Waals surface area contributed by atoms with Crippen molar-refractivity contribution < 1.29 is 4.79 Å². The van der Waals surface area contributed by atoms with Gasteiger partial charge >= 0.3 is 0 Å². The number of rotatable bonds is 5. The van der Waals surface area contributed by atoms with Crippen LogP contribution in [0.3, 0.4) is 0 Å². The first-order valence-electron chi connectivity index (χ1n) is 6.81. The lowest BCUT2D eigenvalue weighted by Gasteiger charge is -2.08. The molecule has 6 nitrogen and oxygen atoms in total. The molecule has 0 bridgehead atoms. The van der Waals surface area contributed by atoms with Crippen molar-refractivity contribution in [2.75, 3.05) is 11.1 Å². The van der Waals surface area contributed by atoms with Crippen LogP contribution in [0, 0.1) is 0 Å². The molecule has 0 aliphatic carbocycles. The molecule has 0 saturated heterocycles. The van der Waals surface area contributed by atoms with Gasteiger partial charge in [0.1, 0.15) is 12.4 Å². The Morgan fingerprint density at radius 2 is 2.14 bits per heavy atom. The zero-order valence-electron chi connectivity index (χ0n) is 12.1. The van der Waals surface area contributed by atoms with Gasteiger partial charge in [-0.25, -0.2) is 9.67 Å². The Bertz CT molecular complexity index is 653. The van der Waals surface area contributed by atoms with E-state index in [0.717, 1.165) is 24.5 Å². The highest BCUT2D eigenvalue weighted by Gasteiger charge is 2.12. The monoisotopic (exact) mass is 307 g/mol. The second kappa shape index (κ2) is 6.58. The van der Waals surface area contributed by atoms with Crippen molar-refractivity contribution in [2.45, 2.75) is 33.2 Å². The van der Waals surface area contributed by atoms with E-state index in [1.54, 1.807) is 22.9 Å². The smallest absolute Gasteiger partial charge is 0.246 e. The van der Waals surface area contributed by atoms with Gasteiger partial charge in [0, 0.05) is 18.5 Å². The highest BCUT2D eigenvalue weighted by Crippen LogP contribution is 2.23. The molecular formula is C14H18ClN5O. The summed E-state index contributed by atoms with van der Waals surface area (Å²) in [7, 11) is 0. The predicted molar refractivity (Wildman–Crippen MR) is 83.3 cm³/mol. The number of nitrogen functional groups attached to an aromatic ring is 1. The third-order valence-corrected chi connectivity index (χ3v) is 3.30. The van der Waals surface area contributed by atoms with Crippen LogP contribution < -0.4 is 11.1 Å². The minimum atomic E-state index is -0.205. The fourth-order valence-corrected chi connectivity index (χ4v) is 2.16. The number of halogens is 1. The summed E-state index contributed by atoms with van der Waals surface area (Å²) >= 11 is 6.03. The molecule has 7 heteroatoms. The van der Waals surface area contributed by atoms with Crippen molar-refractivity contribution in [1.29, 1.82) is 0 Å². The summed E-state index contributed by atoms with van der Waals surface area (Å²) in [4.78, 5) is 16.5. The average Bonchev–Trinajstić information content (AvgIpc) is 2.84. The first-order valence-corrected chi connectivity index (χ1v) is 7.18. The molecule has 0 radical (unpaired) electrons. The number of nitrogens with two attached hydrogens (primary N) is 1. The number of amides is 1. The van der Waals surface area contributed by atoms with Crippen LogP contribution in [-0.4, -0.2) is 20.7 Å². The quantitative estimate of drug-likeness (QED) is 0.830. The van der Waals surface area contributed by atoms with Gasteiger partial charge in [-0.1, -0.05) is 25.4 Å². The predicted octanol–water partition coefficient (Wildman–Crippen LogP) is 2.28. The molecule has 3 N–H and O–H groups in total. The number of aryl methyl sites for hydroxylation is 2.